The number of carbonyl (C=O) groups excluding carboxylic acids is 1. The number of rotatable bonds is 3. The first kappa shape index (κ1) is 12.6. The molecule has 0 radical (unpaired) electrons. The molecule has 0 atom stereocenters. The third kappa shape index (κ3) is 3.56. The fraction of sp³-hybridized carbons (Fsp3) is 0.500. The van der Waals surface area contributed by atoms with Gasteiger partial charge in [0.05, 0.1) is 0 Å². The normalized spacial score (nSPS) is 17.2. The van der Waals surface area contributed by atoms with E-state index in [1.54, 1.807) is 0 Å². The molecule has 0 aromatic heterocycles. The minimum absolute atomic E-state index is 0.430. The molecule has 0 unspecified atom stereocenters. The van der Waals surface area contributed by atoms with E-state index in [-0.39, 0.29) is 0 Å². The van der Waals surface area contributed by atoms with Crippen LogP contribution in [0.25, 0.3) is 0 Å². The molecule has 1 fully saturated rings. The number of halogens is 1. The topological polar surface area (TPSA) is 29.1 Å². The average molecular weight is 296 g/mol. The Morgan fingerprint density at radius 3 is 2.76 bits per heavy atom. The predicted octanol–water partition coefficient (Wildman–Crippen LogP) is 3.93. The number of Topliss-reactive ketones (excluding diaryl/α,β-unsaturated/α-hetero) is 1. The van der Waals surface area contributed by atoms with Crippen molar-refractivity contribution in [1.82, 2.24) is 0 Å². The fourth-order valence-electron chi connectivity index (χ4n) is 2.24. The summed E-state index contributed by atoms with van der Waals surface area (Å²) in [5, 5.41) is 3.50. The Balaban J connectivity index is 1.89. The molecule has 0 aliphatic heterocycles. The highest BCUT2D eigenvalue weighted by Gasteiger charge is 2.18. The summed E-state index contributed by atoms with van der Waals surface area (Å²) < 4.78 is 1.10. The Bertz CT molecular complexity index is 407. The van der Waals surface area contributed by atoms with Gasteiger partial charge in [-0.05, 0) is 43.4 Å². The molecule has 92 valence electrons. The largest absolute Gasteiger partial charge is 0.385 e. The van der Waals surface area contributed by atoms with Crippen LogP contribution in [0.4, 0.5) is 5.69 Å². The summed E-state index contributed by atoms with van der Waals surface area (Å²) in [7, 11) is 0. The van der Waals surface area contributed by atoms with Crippen molar-refractivity contribution in [3.05, 3.63) is 28.2 Å². The third-order valence-corrected chi connectivity index (χ3v) is 3.94. The SMILES string of the molecule is Cc1ccc(Br)cc1NCC1CCC(=O)CC1. The number of carbonyl (C=O) groups is 1. The van der Waals surface area contributed by atoms with Crippen LogP contribution in [-0.4, -0.2) is 12.3 Å². The van der Waals surface area contributed by atoms with Crippen LogP contribution in [0.5, 0.6) is 0 Å². The van der Waals surface area contributed by atoms with Crippen LogP contribution in [0.15, 0.2) is 22.7 Å². The lowest BCUT2D eigenvalue weighted by atomic mass is 9.88. The third-order valence-electron chi connectivity index (χ3n) is 3.44. The van der Waals surface area contributed by atoms with Gasteiger partial charge in [-0.15, -0.1) is 0 Å². The predicted molar refractivity (Wildman–Crippen MR) is 74.3 cm³/mol. The van der Waals surface area contributed by atoms with Gasteiger partial charge in [-0.1, -0.05) is 22.0 Å². The van der Waals surface area contributed by atoms with Crippen molar-refractivity contribution in [3.8, 4) is 0 Å². The summed E-state index contributed by atoms with van der Waals surface area (Å²) in [6, 6.07) is 6.28. The molecule has 3 heteroatoms. The number of benzene rings is 1. The van der Waals surface area contributed by atoms with E-state index in [1.165, 1.54) is 11.3 Å². The molecule has 1 saturated carbocycles. The van der Waals surface area contributed by atoms with Crippen LogP contribution >= 0.6 is 15.9 Å². The van der Waals surface area contributed by atoms with Gasteiger partial charge >= 0.3 is 0 Å². The van der Waals surface area contributed by atoms with Gasteiger partial charge < -0.3 is 5.32 Å². The lowest BCUT2D eigenvalue weighted by molar-refractivity contribution is -0.120. The second kappa shape index (κ2) is 5.67. The van der Waals surface area contributed by atoms with Crippen LogP contribution in [0.1, 0.15) is 31.2 Å². The summed E-state index contributed by atoms with van der Waals surface area (Å²) in [5.74, 6) is 1.07. The Morgan fingerprint density at radius 1 is 1.35 bits per heavy atom. The summed E-state index contributed by atoms with van der Waals surface area (Å²) >= 11 is 3.49. The molecule has 0 heterocycles. The molecule has 1 aromatic rings. The molecule has 0 bridgehead atoms. The Kier molecular flexibility index (Phi) is 4.21. The van der Waals surface area contributed by atoms with Crippen molar-refractivity contribution in [1.29, 1.82) is 0 Å². The van der Waals surface area contributed by atoms with E-state index in [2.05, 4.69) is 46.4 Å². The van der Waals surface area contributed by atoms with Gasteiger partial charge in [0.1, 0.15) is 5.78 Å². The minimum Gasteiger partial charge on any atom is -0.385 e. The first-order chi connectivity index (χ1) is 8.15. The summed E-state index contributed by atoms with van der Waals surface area (Å²) in [6.45, 7) is 3.09. The molecular weight excluding hydrogens is 278 g/mol. The van der Waals surface area contributed by atoms with Crippen LogP contribution in [0, 0.1) is 12.8 Å². The summed E-state index contributed by atoms with van der Waals surface area (Å²) in [6.07, 6.45) is 3.62. The molecule has 0 spiro atoms. The van der Waals surface area contributed by atoms with E-state index >= 15 is 0 Å². The maximum atomic E-state index is 11.2. The van der Waals surface area contributed by atoms with Crippen LogP contribution in [0.3, 0.4) is 0 Å². The summed E-state index contributed by atoms with van der Waals surface area (Å²) in [5.41, 5.74) is 2.45. The van der Waals surface area contributed by atoms with E-state index < -0.39 is 0 Å². The zero-order valence-corrected chi connectivity index (χ0v) is 11.7. The first-order valence-electron chi connectivity index (χ1n) is 6.17. The molecule has 0 amide bonds. The maximum Gasteiger partial charge on any atom is 0.132 e. The van der Waals surface area contributed by atoms with E-state index in [0.717, 1.165) is 36.7 Å². The lowest BCUT2D eigenvalue weighted by Gasteiger charge is -2.22. The highest BCUT2D eigenvalue weighted by Crippen LogP contribution is 2.24. The number of anilines is 1. The van der Waals surface area contributed by atoms with E-state index in [1.807, 2.05) is 0 Å². The molecule has 1 aliphatic carbocycles. The number of hydrogen-bond acceptors (Lipinski definition) is 2. The second-order valence-electron chi connectivity index (χ2n) is 4.82. The molecule has 1 aromatic carbocycles. The van der Waals surface area contributed by atoms with Crippen molar-refractivity contribution >= 4 is 27.4 Å². The standard InChI is InChI=1S/C14H18BrNO/c1-10-2-5-12(15)8-14(10)16-9-11-3-6-13(17)7-4-11/h2,5,8,11,16H,3-4,6-7,9H2,1H3. The second-order valence-corrected chi connectivity index (χ2v) is 5.74. The highest BCUT2D eigenvalue weighted by molar-refractivity contribution is 9.10. The van der Waals surface area contributed by atoms with Crippen molar-refractivity contribution in [3.63, 3.8) is 0 Å². The average Bonchev–Trinajstić information content (AvgIpc) is 2.32. The van der Waals surface area contributed by atoms with Crippen LogP contribution in [-0.2, 0) is 4.79 Å². The van der Waals surface area contributed by atoms with Gasteiger partial charge in [0.15, 0.2) is 0 Å². The van der Waals surface area contributed by atoms with Gasteiger partial charge in [-0.2, -0.15) is 0 Å². The number of aryl methyl sites for hydroxylation is 1. The van der Waals surface area contributed by atoms with E-state index in [9.17, 15) is 4.79 Å². The van der Waals surface area contributed by atoms with Crippen molar-refractivity contribution in [2.75, 3.05) is 11.9 Å². The van der Waals surface area contributed by atoms with E-state index in [0.29, 0.717) is 11.7 Å². The zero-order chi connectivity index (χ0) is 12.3. The lowest BCUT2D eigenvalue weighted by Crippen LogP contribution is -2.21. The zero-order valence-electron chi connectivity index (χ0n) is 10.1. The maximum absolute atomic E-state index is 11.2. The van der Waals surface area contributed by atoms with E-state index in [4.69, 9.17) is 0 Å². The molecule has 17 heavy (non-hydrogen) atoms. The molecule has 2 rings (SSSR count). The Hall–Kier alpha value is -0.830. The number of ketones is 1. The van der Waals surface area contributed by atoms with Crippen molar-refractivity contribution in [2.24, 2.45) is 5.92 Å². The van der Waals surface area contributed by atoms with Crippen molar-refractivity contribution in [2.45, 2.75) is 32.6 Å². The molecule has 0 saturated heterocycles. The summed E-state index contributed by atoms with van der Waals surface area (Å²) in [4.78, 5) is 11.2. The van der Waals surface area contributed by atoms with Gasteiger partial charge in [-0.25, -0.2) is 0 Å². The van der Waals surface area contributed by atoms with Gasteiger partial charge in [-0.3, -0.25) is 4.79 Å². The first-order valence-corrected chi connectivity index (χ1v) is 6.96. The van der Waals surface area contributed by atoms with Gasteiger partial charge in [0, 0.05) is 29.5 Å². The van der Waals surface area contributed by atoms with Crippen LogP contribution in [0.2, 0.25) is 0 Å². The van der Waals surface area contributed by atoms with Gasteiger partial charge in [0.25, 0.3) is 0 Å². The minimum atomic E-state index is 0.430. The molecule has 2 nitrogen and oxygen atoms in total. The molecule has 1 N–H and O–H groups in total. The molecular formula is C14H18BrNO. The van der Waals surface area contributed by atoms with Gasteiger partial charge in [0.2, 0.25) is 0 Å². The van der Waals surface area contributed by atoms with Crippen molar-refractivity contribution < 1.29 is 4.79 Å². The number of nitrogens with one attached hydrogen (secondary N) is 1. The fourth-order valence-corrected chi connectivity index (χ4v) is 2.60. The quantitative estimate of drug-likeness (QED) is 0.915. The Labute approximate surface area is 111 Å². The smallest absolute Gasteiger partial charge is 0.132 e. The number of hydrogen-bond donors (Lipinski definition) is 1. The monoisotopic (exact) mass is 295 g/mol. The van der Waals surface area contributed by atoms with Crippen LogP contribution < -0.4 is 5.32 Å². The Morgan fingerprint density at radius 2 is 2.06 bits per heavy atom. The molecule has 1 aliphatic rings. The highest BCUT2D eigenvalue weighted by atomic mass is 79.9.